The van der Waals surface area contributed by atoms with Crippen LogP contribution in [0.15, 0.2) is 121 Å². The van der Waals surface area contributed by atoms with Crippen molar-refractivity contribution in [2.75, 3.05) is 18.9 Å². The van der Waals surface area contributed by atoms with Gasteiger partial charge in [0.05, 0.1) is 36.0 Å². The van der Waals surface area contributed by atoms with Gasteiger partial charge in [-0.15, -0.1) is 0 Å². The van der Waals surface area contributed by atoms with Gasteiger partial charge < -0.3 is 19.9 Å². The van der Waals surface area contributed by atoms with Crippen molar-refractivity contribution in [3.05, 3.63) is 149 Å². The van der Waals surface area contributed by atoms with Crippen molar-refractivity contribution in [3.8, 4) is 0 Å². The Balaban J connectivity index is 1.10. The molecule has 8 heteroatoms. The summed E-state index contributed by atoms with van der Waals surface area (Å²) in [6.07, 6.45) is 0.498. The summed E-state index contributed by atoms with van der Waals surface area (Å²) in [7, 11) is 2.14. The van der Waals surface area contributed by atoms with Gasteiger partial charge in [-0.25, -0.2) is 4.98 Å². The van der Waals surface area contributed by atoms with Gasteiger partial charge in [-0.3, -0.25) is 14.7 Å². The number of amides is 1. The zero-order valence-electron chi connectivity index (χ0n) is 27.9. The molecule has 1 aliphatic heterocycles. The fourth-order valence-corrected chi connectivity index (χ4v) is 6.48. The average Bonchev–Trinajstić information content (AvgIpc) is 3.15. The molecule has 1 amide bonds. The molecular formula is C41H40N4O4. The first kappa shape index (κ1) is 32.6. The van der Waals surface area contributed by atoms with Gasteiger partial charge in [0.15, 0.2) is 6.29 Å². The lowest BCUT2D eigenvalue weighted by molar-refractivity contribution is -0.276. The van der Waals surface area contributed by atoms with E-state index in [1.807, 2.05) is 72.8 Å². The second-order valence-electron chi connectivity index (χ2n) is 12.9. The Labute approximate surface area is 286 Å². The topological polar surface area (TPSA) is 96.8 Å². The number of fused-ring (bicyclic) bond motifs is 2. The molecule has 2 N–H and O–H groups in total. The molecule has 6 aromatic rings. The quantitative estimate of drug-likeness (QED) is 0.163. The number of hydrogen-bond donors (Lipinski definition) is 2. The minimum absolute atomic E-state index is 0.0104. The van der Waals surface area contributed by atoms with E-state index in [-0.39, 0.29) is 42.4 Å². The molecule has 7 rings (SSSR count). The molecule has 0 spiro atoms. The molecule has 0 bridgehead atoms. The van der Waals surface area contributed by atoms with Gasteiger partial charge in [-0.1, -0.05) is 91.9 Å². The molecule has 0 aliphatic carbocycles. The van der Waals surface area contributed by atoms with Crippen molar-refractivity contribution >= 4 is 33.4 Å². The highest BCUT2D eigenvalue weighted by atomic mass is 16.7. The summed E-state index contributed by atoms with van der Waals surface area (Å²) in [4.78, 5) is 24.2. The molecule has 1 saturated heterocycles. The van der Waals surface area contributed by atoms with Crippen LogP contribution in [0, 0.1) is 5.92 Å². The molecule has 2 heterocycles. The number of nitrogens with zero attached hydrogens (tertiary/aromatic N) is 3. The Morgan fingerprint density at radius 3 is 2.31 bits per heavy atom. The van der Waals surface area contributed by atoms with Gasteiger partial charge in [0.25, 0.3) is 5.91 Å². The fraction of sp³-hybridized carbons (Fsp3) is 0.244. The number of rotatable bonds is 9. The first-order valence-corrected chi connectivity index (χ1v) is 16.7. The second-order valence-corrected chi connectivity index (χ2v) is 12.9. The van der Waals surface area contributed by atoms with E-state index >= 15 is 0 Å². The average molecular weight is 653 g/mol. The lowest BCUT2D eigenvalue weighted by Crippen LogP contribution is -2.44. The Morgan fingerprint density at radius 1 is 0.857 bits per heavy atom. The Hall–Kier alpha value is -4.99. The molecule has 8 nitrogen and oxygen atoms in total. The van der Waals surface area contributed by atoms with Gasteiger partial charge in [0.2, 0.25) is 0 Å². The standard InChI is InChI=1S/C41H40N4O4/c1-26-38(24-45(3)27(2)32-17-16-29-8-4-5-9-33(29)22-32)48-41(49-39(26)30-14-12-28(25-46)13-15-30)31-18-20-34(21-19-31)43-40(47)37-23-42-35-10-6-7-11-36(35)44-37/h4-23,26-27,38-39,41,46H,24-25H2,1-3H3,(H,43,47)/t26-,27+,38+,39+,41+/m0/s1. The van der Waals surface area contributed by atoms with Crippen LogP contribution in [-0.2, 0) is 16.1 Å². The van der Waals surface area contributed by atoms with Crippen LogP contribution in [0.4, 0.5) is 5.69 Å². The first-order valence-electron chi connectivity index (χ1n) is 16.7. The summed E-state index contributed by atoms with van der Waals surface area (Å²) in [6.45, 7) is 5.09. The Bertz CT molecular complexity index is 2070. The van der Waals surface area contributed by atoms with Crippen LogP contribution < -0.4 is 5.32 Å². The number of para-hydroxylation sites is 2. The van der Waals surface area contributed by atoms with Gasteiger partial charge in [0.1, 0.15) is 5.69 Å². The van der Waals surface area contributed by atoms with E-state index in [0.717, 1.165) is 22.2 Å². The van der Waals surface area contributed by atoms with Crippen molar-refractivity contribution in [1.29, 1.82) is 0 Å². The number of ether oxygens (including phenoxy) is 2. The third-order valence-electron chi connectivity index (χ3n) is 9.63. The molecule has 1 aromatic heterocycles. The lowest BCUT2D eigenvalue weighted by atomic mass is 9.89. The minimum Gasteiger partial charge on any atom is -0.392 e. The molecule has 1 fully saturated rings. The third-order valence-corrected chi connectivity index (χ3v) is 9.63. The Kier molecular flexibility index (Phi) is 9.46. The zero-order chi connectivity index (χ0) is 33.9. The van der Waals surface area contributed by atoms with Crippen LogP contribution in [0.3, 0.4) is 0 Å². The molecule has 1 aliphatic rings. The van der Waals surface area contributed by atoms with Crippen LogP contribution in [0.1, 0.15) is 65.0 Å². The molecule has 0 radical (unpaired) electrons. The highest BCUT2D eigenvalue weighted by Crippen LogP contribution is 2.42. The summed E-state index contributed by atoms with van der Waals surface area (Å²) in [5.41, 5.74) is 6.27. The highest BCUT2D eigenvalue weighted by molar-refractivity contribution is 6.03. The molecule has 248 valence electrons. The smallest absolute Gasteiger partial charge is 0.275 e. The number of aromatic nitrogens is 2. The van der Waals surface area contributed by atoms with E-state index in [1.54, 1.807) is 0 Å². The van der Waals surface area contributed by atoms with Crippen LogP contribution >= 0.6 is 0 Å². The van der Waals surface area contributed by atoms with Crippen LogP contribution in [-0.4, -0.2) is 45.6 Å². The van der Waals surface area contributed by atoms with Gasteiger partial charge in [-0.05, 0) is 71.8 Å². The molecule has 49 heavy (non-hydrogen) atoms. The van der Waals surface area contributed by atoms with E-state index in [0.29, 0.717) is 17.7 Å². The summed E-state index contributed by atoms with van der Waals surface area (Å²) in [5.74, 6) is -0.288. The van der Waals surface area contributed by atoms with Crippen molar-refractivity contribution < 1.29 is 19.4 Å². The van der Waals surface area contributed by atoms with Gasteiger partial charge >= 0.3 is 0 Å². The monoisotopic (exact) mass is 652 g/mol. The number of nitrogens with one attached hydrogen (secondary N) is 1. The molecule has 5 aromatic carbocycles. The molecular weight excluding hydrogens is 612 g/mol. The normalized spacial score (nSPS) is 20.0. The highest BCUT2D eigenvalue weighted by Gasteiger charge is 2.39. The SMILES string of the molecule is C[C@H]1[C@@H](CN(C)[C@H](C)c2ccc3ccccc3c2)O[C@@H](c2ccc(NC(=O)c3cnc4ccccc4n3)cc2)O[C@H]1c1ccc(CO)cc1. The molecule has 5 atom stereocenters. The van der Waals surface area contributed by atoms with E-state index in [9.17, 15) is 9.90 Å². The second kappa shape index (κ2) is 14.2. The van der Waals surface area contributed by atoms with Crippen LogP contribution in [0.2, 0.25) is 0 Å². The van der Waals surface area contributed by atoms with Crippen LogP contribution in [0.25, 0.3) is 21.8 Å². The fourth-order valence-electron chi connectivity index (χ4n) is 6.48. The van der Waals surface area contributed by atoms with Crippen molar-refractivity contribution in [1.82, 2.24) is 14.9 Å². The maximum Gasteiger partial charge on any atom is 0.275 e. The molecule has 0 saturated carbocycles. The number of anilines is 1. The van der Waals surface area contributed by atoms with E-state index in [4.69, 9.17) is 9.47 Å². The van der Waals surface area contributed by atoms with Crippen LogP contribution in [0.5, 0.6) is 0 Å². The van der Waals surface area contributed by atoms with Gasteiger partial charge in [-0.2, -0.15) is 0 Å². The largest absolute Gasteiger partial charge is 0.392 e. The Morgan fingerprint density at radius 2 is 1.55 bits per heavy atom. The number of aliphatic hydroxyl groups excluding tert-OH is 1. The number of carbonyl (C=O) groups is 1. The lowest BCUT2D eigenvalue weighted by Gasteiger charge is -2.43. The van der Waals surface area contributed by atoms with Gasteiger partial charge in [0, 0.05) is 29.8 Å². The third kappa shape index (κ3) is 7.09. The predicted molar refractivity (Wildman–Crippen MR) is 192 cm³/mol. The number of hydrogen-bond acceptors (Lipinski definition) is 7. The number of carbonyl (C=O) groups excluding carboxylic acids is 1. The zero-order valence-corrected chi connectivity index (χ0v) is 27.9. The van der Waals surface area contributed by atoms with E-state index in [1.165, 1.54) is 22.5 Å². The summed E-state index contributed by atoms with van der Waals surface area (Å²) < 4.78 is 13.4. The van der Waals surface area contributed by atoms with E-state index < -0.39 is 6.29 Å². The summed E-state index contributed by atoms with van der Waals surface area (Å²) >= 11 is 0. The predicted octanol–water partition coefficient (Wildman–Crippen LogP) is 8.01. The summed E-state index contributed by atoms with van der Waals surface area (Å²) in [5, 5.41) is 15.0. The maximum atomic E-state index is 13.0. The number of aliphatic hydroxyl groups is 1. The van der Waals surface area contributed by atoms with Crippen molar-refractivity contribution in [2.24, 2.45) is 5.92 Å². The first-order chi connectivity index (χ1) is 23.9. The maximum absolute atomic E-state index is 13.0. The number of likely N-dealkylation sites (N-methyl/N-ethyl adjacent to an activating group) is 1. The number of benzene rings is 5. The minimum atomic E-state index is -0.621. The summed E-state index contributed by atoms with van der Waals surface area (Å²) in [6, 6.07) is 38.2. The van der Waals surface area contributed by atoms with Crippen molar-refractivity contribution in [3.63, 3.8) is 0 Å². The van der Waals surface area contributed by atoms with Crippen molar-refractivity contribution in [2.45, 2.75) is 45.0 Å². The van der Waals surface area contributed by atoms with E-state index in [2.05, 4.69) is 83.5 Å². The molecule has 0 unspecified atom stereocenters.